The molecule has 1 fully saturated rings. The van der Waals surface area contributed by atoms with Gasteiger partial charge in [0, 0.05) is 6.42 Å². The predicted molar refractivity (Wildman–Crippen MR) is 63.3 cm³/mol. The van der Waals surface area contributed by atoms with Crippen LogP contribution < -0.4 is 0 Å². The first-order chi connectivity index (χ1) is 7.66. The van der Waals surface area contributed by atoms with Gasteiger partial charge in [-0.05, 0) is 25.3 Å². The van der Waals surface area contributed by atoms with E-state index in [-0.39, 0.29) is 11.9 Å². The van der Waals surface area contributed by atoms with Crippen molar-refractivity contribution < 1.29 is 9.53 Å². The molecule has 1 aromatic rings. The molecule has 0 radical (unpaired) electrons. The Hall–Kier alpha value is -1.15. The SMILES string of the molecule is CCC(=O)[C@@]1(C)O[C@@H]1CCc1ccccc1. The number of carbonyl (C=O) groups is 1. The van der Waals surface area contributed by atoms with E-state index in [9.17, 15) is 4.79 Å². The van der Waals surface area contributed by atoms with Gasteiger partial charge in [0.2, 0.25) is 0 Å². The van der Waals surface area contributed by atoms with Crippen molar-refractivity contribution in [1.82, 2.24) is 0 Å². The number of hydrogen-bond donors (Lipinski definition) is 0. The molecule has 0 N–H and O–H groups in total. The lowest BCUT2D eigenvalue weighted by Crippen LogP contribution is -2.22. The molecule has 0 saturated carbocycles. The molecule has 1 heterocycles. The molecule has 2 nitrogen and oxygen atoms in total. The molecular formula is C14H18O2. The molecule has 0 aromatic heterocycles. The number of carbonyl (C=O) groups excluding carboxylic acids is 1. The smallest absolute Gasteiger partial charge is 0.166 e. The topological polar surface area (TPSA) is 29.6 Å². The number of rotatable bonds is 5. The second kappa shape index (κ2) is 4.38. The molecule has 1 aromatic carbocycles. The zero-order valence-corrected chi connectivity index (χ0v) is 9.90. The third-order valence-corrected chi connectivity index (χ3v) is 3.36. The van der Waals surface area contributed by atoms with Crippen LogP contribution in [0.4, 0.5) is 0 Å². The van der Waals surface area contributed by atoms with Crippen molar-refractivity contribution >= 4 is 5.78 Å². The lowest BCUT2D eigenvalue weighted by Gasteiger charge is -2.03. The highest BCUT2D eigenvalue weighted by Gasteiger charge is 2.56. The van der Waals surface area contributed by atoms with E-state index in [0.29, 0.717) is 6.42 Å². The maximum atomic E-state index is 11.6. The first-order valence-electron chi connectivity index (χ1n) is 5.92. The molecule has 0 unspecified atom stereocenters. The molecule has 1 aliphatic heterocycles. The van der Waals surface area contributed by atoms with Gasteiger partial charge in [0.05, 0.1) is 6.10 Å². The van der Waals surface area contributed by atoms with Crippen LogP contribution in [-0.2, 0) is 16.0 Å². The Labute approximate surface area is 96.6 Å². The third kappa shape index (κ3) is 2.17. The summed E-state index contributed by atoms with van der Waals surface area (Å²) in [4.78, 5) is 11.6. The van der Waals surface area contributed by atoms with E-state index in [2.05, 4.69) is 12.1 Å². The highest BCUT2D eigenvalue weighted by Crippen LogP contribution is 2.40. The van der Waals surface area contributed by atoms with Gasteiger partial charge in [-0.1, -0.05) is 37.3 Å². The van der Waals surface area contributed by atoms with E-state index in [1.807, 2.05) is 32.0 Å². The van der Waals surface area contributed by atoms with Crippen LogP contribution in [0.2, 0.25) is 0 Å². The number of aryl methyl sites for hydroxylation is 1. The molecule has 86 valence electrons. The number of benzene rings is 1. The van der Waals surface area contributed by atoms with Crippen molar-refractivity contribution in [2.45, 2.75) is 44.8 Å². The average molecular weight is 218 g/mol. The van der Waals surface area contributed by atoms with Gasteiger partial charge in [0.1, 0.15) is 5.60 Å². The molecule has 2 heteroatoms. The van der Waals surface area contributed by atoms with E-state index in [4.69, 9.17) is 4.74 Å². The summed E-state index contributed by atoms with van der Waals surface area (Å²) in [6, 6.07) is 10.3. The summed E-state index contributed by atoms with van der Waals surface area (Å²) in [5, 5.41) is 0. The van der Waals surface area contributed by atoms with Crippen molar-refractivity contribution in [3.05, 3.63) is 35.9 Å². The van der Waals surface area contributed by atoms with Crippen molar-refractivity contribution in [1.29, 1.82) is 0 Å². The molecule has 2 atom stereocenters. The fourth-order valence-corrected chi connectivity index (χ4v) is 2.13. The molecule has 0 bridgehead atoms. The van der Waals surface area contributed by atoms with Crippen LogP contribution in [-0.4, -0.2) is 17.5 Å². The van der Waals surface area contributed by atoms with E-state index in [1.54, 1.807) is 0 Å². The quantitative estimate of drug-likeness (QED) is 0.711. The first kappa shape index (κ1) is 11.3. The maximum absolute atomic E-state index is 11.6. The normalized spacial score (nSPS) is 27.8. The molecule has 1 aliphatic rings. The van der Waals surface area contributed by atoms with Crippen LogP contribution in [0.15, 0.2) is 30.3 Å². The summed E-state index contributed by atoms with van der Waals surface area (Å²) in [7, 11) is 0. The fourth-order valence-electron chi connectivity index (χ4n) is 2.13. The molecule has 0 spiro atoms. The Kier molecular flexibility index (Phi) is 3.10. The van der Waals surface area contributed by atoms with Gasteiger partial charge in [0.15, 0.2) is 5.78 Å². The predicted octanol–water partition coefficient (Wildman–Crippen LogP) is 2.76. The Morgan fingerprint density at radius 3 is 2.69 bits per heavy atom. The van der Waals surface area contributed by atoms with E-state index in [0.717, 1.165) is 12.8 Å². The van der Waals surface area contributed by atoms with Crippen LogP contribution in [0.1, 0.15) is 32.3 Å². The standard InChI is InChI=1S/C14H18O2/c1-3-12(15)14(2)13(16-14)10-9-11-7-5-4-6-8-11/h4-8,13H,3,9-10H2,1-2H3/t13-,14-/m1/s1. The van der Waals surface area contributed by atoms with Gasteiger partial charge < -0.3 is 4.74 Å². The largest absolute Gasteiger partial charge is 0.358 e. The highest BCUT2D eigenvalue weighted by atomic mass is 16.6. The minimum absolute atomic E-state index is 0.125. The average Bonchev–Trinajstić information content (AvgIpc) is 2.99. The second-order valence-corrected chi connectivity index (χ2v) is 4.51. The van der Waals surface area contributed by atoms with Gasteiger partial charge in [-0.15, -0.1) is 0 Å². The van der Waals surface area contributed by atoms with Gasteiger partial charge in [0.25, 0.3) is 0 Å². The molecule has 0 amide bonds. The first-order valence-corrected chi connectivity index (χ1v) is 5.92. The minimum atomic E-state index is -0.483. The lowest BCUT2D eigenvalue weighted by atomic mass is 9.96. The van der Waals surface area contributed by atoms with Crippen molar-refractivity contribution in [3.8, 4) is 0 Å². The van der Waals surface area contributed by atoms with Gasteiger partial charge >= 0.3 is 0 Å². The van der Waals surface area contributed by atoms with Gasteiger partial charge in [-0.25, -0.2) is 0 Å². The Bertz CT molecular complexity index is 372. The Morgan fingerprint density at radius 2 is 2.06 bits per heavy atom. The molecule has 0 aliphatic carbocycles. The zero-order valence-electron chi connectivity index (χ0n) is 9.90. The van der Waals surface area contributed by atoms with Crippen LogP contribution >= 0.6 is 0 Å². The summed E-state index contributed by atoms with van der Waals surface area (Å²) >= 11 is 0. The van der Waals surface area contributed by atoms with Crippen LogP contribution in [0.25, 0.3) is 0 Å². The lowest BCUT2D eigenvalue weighted by molar-refractivity contribution is -0.123. The number of ether oxygens (including phenoxy) is 1. The summed E-state index contributed by atoms with van der Waals surface area (Å²) in [6.07, 6.45) is 2.61. The molecule has 1 saturated heterocycles. The van der Waals surface area contributed by atoms with Crippen LogP contribution in [0.5, 0.6) is 0 Å². The number of Topliss-reactive ketones (excluding diaryl/α,β-unsaturated/α-hetero) is 1. The summed E-state index contributed by atoms with van der Waals surface area (Å²) in [6.45, 7) is 3.80. The van der Waals surface area contributed by atoms with Gasteiger partial charge in [-0.2, -0.15) is 0 Å². The monoisotopic (exact) mass is 218 g/mol. The zero-order chi connectivity index (χ0) is 11.6. The molecular weight excluding hydrogens is 200 g/mol. The van der Waals surface area contributed by atoms with Crippen molar-refractivity contribution in [3.63, 3.8) is 0 Å². The molecule has 16 heavy (non-hydrogen) atoms. The van der Waals surface area contributed by atoms with E-state index < -0.39 is 5.60 Å². The number of epoxide rings is 1. The summed E-state index contributed by atoms with van der Waals surface area (Å²) in [5.74, 6) is 0.227. The van der Waals surface area contributed by atoms with Crippen molar-refractivity contribution in [2.24, 2.45) is 0 Å². The number of ketones is 1. The van der Waals surface area contributed by atoms with Crippen LogP contribution in [0.3, 0.4) is 0 Å². The third-order valence-electron chi connectivity index (χ3n) is 3.36. The second-order valence-electron chi connectivity index (χ2n) is 4.51. The summed E-state index contributed by atoms with van der Waals surface area (Å²) < 4.78 is 5.53. The van der Waals surface area contributed by atoms with E-state index in [1.165, 1.54) is 5.56 Å². The van der Waals surface area contributed by atoms with Crippen LogP contribution in [0, 0.1) is 0 Å². The minimum Gasteiger partial charge on any atom is -0.358 e. The highest BCUT2D eigenvalue weighted by molar-refractivity contribution is 5.89. The maximum Gasteiger partial charge on any atom is 0.166 e. The van der Waals surface area contributed by atoms with Crippen molar-refractivity contribution in [2.75, 3.05) is 0 Å². The van der Waals surface area contributed by atoms with E-state index >= 15 is 0 Å². The van der Waals surface area contributed by atoms with Gasteiger partial charge in [-0.3, -0.25) is 4.79 Å². The molecule has 2 rings (SSSR count). The Balaban J connectivity index is 1.84. The number of hydrogen-bond acceptors (Lipinski definition) is 2. The fraction of sp³-hybridized carbons (Fsp3) is 0.500. The Morgan fingerprint density at radius 1 is 1.38 bits per heavy atom. The summed E-state index contributed by atoms with van der Waals surface area (Å²) in [5.41, 5.74) is 0.827.